The first-order chi connectivity index (χ1) is 14.6. The van der Waals surface area contributed by atoms with E-state index in [0.29, 0.717) is 5.92 Å². The van der Waals surface area contributed by atoms with Crippen LogP contribution in [0.4, 0.5) is 0 Å². The van der Waals surface area contributed by atoms with Crippen molar-refractivity contribution in [1.29, 1.82) is 0 Å². The Morgan fingerprint density at radius 1 is 1.00 bits per heavy atom. The van der Waals surface area contributed by atoms with Crippen LogP contribution in [0.25, 0.3) is 5.57 Å². The number of benzene rings is 1. The average molecular weight is 422 g/mol. The lowest BCUT2D eigenvalue weighted by atomic mass is 9.72. The van der Waals surface area contributed by atoms with Crippen molar-refractivity contribution in [3.8, 4) is 0 Å². The zero-order valence-corrected chi connectivity index (χ0v) is 20.2. The van der Waals surface area contributed by atoms with Crippen molar-refractivity contribution in [3.63, 3.8) is 0 Å². The molecule has 3 heteroatoms. The summed E-state index contributed by atoms with van der Waals surface area (Å²) in [6.45, 7) is 13.2. The van der Waals surface area contributed by atoms with Crippen LogP contribution >= 0.6 is 0 Å². The van der Waals surface area contributed by atoms with Crippen LogP contribution in [0, 0.1) is 38.0 Å². The SMILES string of the molecule is Cc1cc(C)c(C2=CC(C(C)(C)C)=CC(C3=NOC(C4CCCCC4)C3)C2O)c(C)c1. The van der Waals surface area contributed by atoms with E-state index in [1.165, 1.54) is 59.9 Å². The van der Waals surface area contributed by atoms with Crippen LogP contribution in [0.3, 0.4) is 0 Å². The largest absolute Gasteiger partial charge is 0.392 e. The Morgan fingerprint density at radius 3 is 2.26 bits per heavy atom. The average Bonchev–Trinajstić information content (AvgIpc) is 3.18. The third-order valence-corrected chi connectivity index (χ3v) is 7.44. The predicted octanol–water partition coefficient (Wildman–Crippen LogP) is 6.68. The van der Waals surface area contributed by atoms with E-state index in [1.807, 2.05) is 0 Å². The Kier molecular flexibility index (Phi) is 6.18. The minimum atomic E-state index is -0.598. The van der Waals surface area contributed by atoms with Crippen LogP contribution in [0.1, 0.15) is 81.5 Å². The molecule has 1 saturated carbocycles. The molecule has 1 aromatic rings. The molecule has 1 heterocycles. The molecule has 0 radical (unpaired) electrons. The zero-order chi connectivity index (χ0) is 22.3. The fourth-order valence-corrected chi connectivity index (χ4v) is 5.75. The summed E-state index contributed by atoms with van der Waals surface area (Å²) in [5.41, 5.74) is 8.19. The molecular formula is C28H39NO2. The van der Waals surface area contributed by atoms with Gasteiger partial charge in [-0.15, -0.1) is 0 Å². The van der Waals surface area contributed by atoms with Gasteiger partial charge in [-0.1, -0.05) is 75.0 Å². The summed E-state index contributed by atoms with van der Waals surface area (Å²) < 4.78 is 0. The summed E-state index contributed by atoms with van der Waals surface area (Å²) in [5, 5.41) is 16.1. The summed E-state index contributed by atoms with van der Waals surface area (Å²) in [5.74, 6) is 0.487. The van der Waals surface area contributed by atoms with Crippen molar-refractivity contribution >= 4 is 11.3 Å². The molecule has 168 valence electrons. The van der Waals surface area contributed by atoms with Gasteiger partial charge in [0.05, 0.1) is 11.8 Å². The van der Waals surface area contributed by atoms with Crippen molar-refractivity contribution in [1.82, 2.24) is 0 Å². The summed E-state index contributed by atoms with van der Waals surface area (Å²) in [4.78, 5) is 5.96. The van der Waals surface area contributed by atoms with Crippen molar-refractivity contribution in [2.45, 2.75) is 92.3 Å². The molecule has 31 heavy (non-hydrogen) atoms. The number of aliphatic hydroxyl groups excluding tert-OH is 1. The highest BCUT2D eigenvalue weighted by Gasteiger charge is 2.39. The summed E-state index contributed by atoms with van der Waals surface area (Å²) in [6, 6.07) is 4.44. The highest BCUT2D eigenvalue weighted by atomic mass is 16.6. The van der Waals surface area contributed by atoms with Crippen molar-refractivity contribution in [2.75, 3.05) is 0 Å². The molecule has 0 spiro atoms. The molecule has 0 aromatic heterocycles. The van der Waals surface area contributed by atoms with Crippen molar-refractivity contribution in [3.05, 3.63) is 52.1 Å². The van der Waals surface area contributed by atoms with Crippen LogP contribution in [-0.4, -0.2) is 23.0 Å². The van der Waals surface area contributed by atoms with Gasteiger partial charge in [-0.25, -0.2) is 0 Å². The molecular weight excluding hydrogens is 382 g/mol. The van der Waals surface area contributed by atoms with E-state index in [1.54, 1.807) is 0 Å². The number of oxime groups is 1. The van der Waals surface area contributed by atoms with E-state index in [4.69, 9.17) is 4.84 Å². The fourth-order valence-electron chi connectivity index (χ4n) is 5.75. The van der Waals surface area contributed by atoms with Crippen LogP contribution in [0.2, 0.25) is 0 Å². The van der Waals surface area contributed by atoms with E-state index in [-0.39, 0.29) is 17.4 Å². The second-order valence-corrected chi connectivity index (χ2v) is 11.0. The maximum atomic E-state index is 11.6. The van der Waals surface area contributed by atoms with Crippen molar-refractivity contribution < 1.29 is 9.94 Å². The van der Waals surface area contributed by atoms with Gasteiger partial charge in [0, 0.05) is 12.3 Å². The van der Waals surface area contributed by atoms with Gasteiger partial charge >= 0.3 is 0 Å². The van der Waals surface area contributed by atoms with Crippen LogP contribution < -0.4 is 0 Å². The quantitative estimate of drug-likeness (QED) is 0.591. The minimum Gasteiger partial charge on any atom is -0.392 e. The van der Waals surface area contributed by atoms with Gasteiger partial charge in [-0.2, -0.15) is 0 Å². The van der Waals surface area contributed by atoms with Gasteiger partial charge in [0.25, 0.3) is 0 Å². The lowest BCUT2D eigenvalue weighted by molar-refractivity contribution is 0.0267. The molecule has 4 rings (SSSR count). The van der Waals surface area contributed by atoms with E-state index in [0.717, 1.165) is 17.7 Å². The van der Waals surface area contributed by atoms with Gasteiger partial charge in [0.1, 0.15) is 6.10 Å². The predicted molar refractivity (Wildman–Crippen MR) is 129 cm³/mol. The van der Waals surface area contributed by atoms with Gasteiger partial charge in [0.2, 0.25) is 0 Å². The van der Waals surface area contributed by atoms with E-state index in [9.17, 15) is 5.11 Å². The molecule has 3 unspecified atom stereocenters. The number of rotatable bonds is 3. The van der Waals surface area contributed by atoms with Gasteiger partial charge in [-0.3, -0.25) is 0 Å². The van der Waals surface area contributed by atoms with E-state index >= 15 is 0 Å². The number of allylic oxidation sites excluding steroid dienone is 2. The maximum Gasteiger partial charge on any atom is 0.135 e. The third kappa shape index (κ3) is 4.53. The lowest BCUT2D eigenvalue weighted by Crippen LogP contribution is -2.33. The first-order valence-electron chi connectivity index (χ1n) is 12.1. The lowest BCUT2D eigenvalue weighted by Gasteiger charge is -2.33. The first-order valence-corrected chi connectivity index (χ1v) is 12.1. The number of hydrogen-bond donors (Lipinski definition) is 1. The number of hydrogen-bond acceptors (Lipinski definition) is 3. The van der Waals surface area contributed by atoms with E-state index in [2.05, 4.69) is 71.0 Å². The second-order valence-electron chi connectivity index (χ2n) is 11.0. The molecule has 1 aliphatic heterocycles. The van der Waals surface area contributed by atoms with Crippen LogP contribution in [0.5, 0.6) is 0 Å². The minimum absolute atomic E-state index is 0.00105. The monoisotopic (exact) mass is 421 g/mol. The Morgan fingerprint density at radius 2 is 1.65 bits per heavy atom. The summed E-state index contributed by atoms with van der Waals surface area (Å²) >= 11 is 0. The Labute approximate surface area is 188 Å². The number of nitrogens with zero attached hydrogens (tertiary/aromatic N) is 1. The second kappa shape index (κ2) is 8.58. The summed E-state index contributed by atoms with van der Waals surface area (Å²) in [7, 11) is 0. The Bertz CT molecular complexity index is 902. The van der Waals surface area contributed by atoms with Gasteiger partial charge in [-0.05, 0) is 72.8 Å². The van der Waals surface area contributed by atoms with Crippen LogP contribution in [0.15, 0.2) is 35.0 Å². The molecule has 2 aliphatic carbocycles. The zero-order valence-electron chi connectivity index (χ0n) is 20.2. The molecule has 0 amide bonds. The normalized spacial score (nSPS) is 27.5. The molecule has 3 aliphatic rings. The molecule has 1 N–H and O–H groups in total. The van der Waals surface area contributed by atoms with Crippen LogP contribution in [-0.2, 0) is 4.84 Å². The highest BCUT2D eigenvalue weighted by Crippen LogP contribution is 2.42. The molecule has 1 aromatic carbocycles. The third-order valence-electron chi connectivity index (χ3n) is 7.44. The first kappa shape index (κ1) is 22.3. The Hall–Kier alpha value is -1.87. The summed E-state index contributed by atoms with van der Waals surface area (Å²) in [6.07, 6.45) is 11.4. The van der Waals surface area contributed by atoms with E-state index < -0.39 is 6.10 Å². The molecule has 0 bridgehead atoms. The number of aliphatic hydroxyl groups is 1. The molecule has 1 fully saturated rings. The highest BCUT2D eigenvalue weighted by molar-refractivity contribution is 5.94. The topological polar surface area (TPSA) is 41.8 Å². The maximum absolute atomic E-state index is 11.6. The number of aryl methyl sites for hydroxylation is 3. The standard InChI is InChI=1S/C28H39NO2/c1-17-12-18(2)26(19(3)13-17)23-15-21(28(4,5)6)14-22(27(23)30)24-16-25(31-29-24)20-10-8-7-9-11-20/h12-15,20,22,25,27,30H,7-11,16H2,1-6H3. The Balaban J connectivity index is 1.67. The molecule has 3 atom stereocenters. The van der Waals surface area contributed by atoms with Gasteiger partial charge < -0.3 is 9.94 Å². The molecule has 0 saturated heterocycles. The fraction of sp³-hybridized carbons (Fsp3) is 0.607. The van der Waals surface area contributed by atoms with Gasteiger partial charge in [0.15, 0.2) is 0 Å². The van der Waals surface area contributed by atoms with Crippen molar-refractivity contribution in [2.24, 2.45) is 22.4 Å². The smallest absolute Gasteiger partial charge is 0.135 e. The molecule has 3 nitrogen and oxygen atoms in total.